The minimum Gasteiger partial charge on any atom is -0.406 e. The van der Waals surface area contributed by atoms with Crippen LogP contribution in [0.5, 0.6) is 5.75 Å². The lowest BCUT2D eigenvalue weighted by Crippen LogP contribution is -2.31. The average Bonchev–Trinajstić information content (AvgIpc) is 2.63. The van der Waals surface area contributed by atoms with Gasteiger partial charge in [0.25, 0.3) is 0 Å². The van der Waals surface area contributed by atoms with Crippen molar-refractivity contribution in [3.8, 4) is 5.75 Å². The molecule has 0 spiro atoms. The molecule has 28 heavy (non-hydrogen) atoms. The number of anilines is 2. The molecule has 2 aromatic carbocycles. The Balaban J connectivity index is 1.89. The van der Waals surface area contributed by atoms with Crippen LogP contribution in [0.3, 0.4) is 0 Å². The van der Waals surface area contributed by atoms with Crippen LogP contribution in [-0.4, -0.2) is 31.3 Å². The molecule has 0 heterocycles. The summed E-state index contributed by atoms with van der Waals surface area (Å²) in [6, 6.07) is 11.3. The maximum atomic E-state index is 12.2. The summed E-state index contributed by atoms with van der Waals surface area (Å²) in [4.78, 5) is 23.6. The van der Waals surface area contributed by atoms with Crippen molar-refractivity contribution in [2.45, 2.75) is 25.7 Å². The minimum absolute atomic E-state index is 0.0971. The standard InChI is InChI=1S/C19H20F3N3O3/c1-12(24-14-5-3-13(4-6-14)11-17(26)23-2)18(27)25-15-7-9-16(10-8-15)28-19(20,21)22/h3-10,12,24H,11H2,1-2H3,(H,23,26)(H,25,27). The van der Waals surface area contributed by atoms with Gasteiger partial charge in [0.15, 0.2) is 0 Å². The van der Waals surface area contributed by atoms with E-state index in [2.05, 4.69) is 20.7 Å². The Morgan fingerprint density at radius 2 is 1.57 bits per heavy atom. The first-order valence-electron chi connectivity index (χ1n) is 8.39. The molecule has 150 valence electrons. The zero-order valence-corrected chi connectivity index (χ0v) is 15.3. The number of nitrogens with one attached hydrogen (secondary N) is 3. The highest BCUT2D eigenvalue weighted by atomic mass is 19.4. The zero-order chi connectivity index (χ0) is 20.7. The van der Waals surface area contributed by atoms with Crippen LogP contribution in [0.2, 0.25) is 0 Å². The average molecular weight is 395 g/mol. The van der Waals surface area contributed by atoms with E-state index in [-0.39, 0.29) is 24.0 Å². The summed E-state index contributed by atoms with van der Waals surface area (Å²) in [6.07, 6.45) is -4.50. The Hall–Kier alpha value is -3.23. The molecule has 0 fully saturated rings. The van der Waals surface area contributed by atoms with Gasteiger partial charge in [0.05, 0.1) is 6.42 Å². The number of benzene rings is 2. The fourth-order valence-corrected chi connectivity index (χ4v) is 2.30. The summed E-state index contributed by atoms with van der Waals surface area (Å²) < 4.78 is 40.2. The van der Waals surface area contributed by atoms with E-state index in [0.29, 0.717) is 11.4 Å². The van der Waals surface area contributed by atoms with Gasteiger partial charge < -0.3 is 20.7 Å². The third-order valence-electron chi connectivity index (χ3n) is 3.73. The molecule has 0 bridgehead atoms. The third-order valence-corrected chi connectivity index (χ3v) is 3.73. The van der Waals surface area contributed by atoms with Crippen LogP contribution in [0, 0.1) is 0 Å². The van der Waals surface area contributed by atoms with Crippen molar-refractivity contribution in [1.82, 2.24) is 5.32 Å². The highest BCUT2D eigenvalue weighted by Gasteiger charge is 2.31. The molecule has 0 aliphatic heterocycles. The van der Waals surface area contributed by atoms with E-state index in [4.69, 9.17) is 0 Å². The second-order valence-corrected chi connectivity index (χ2v) is 5.97. The smallest absolute Gasteiger partial charge is 0.406 e. The van der Waals surface area contributed by atoms with Crippen molar-refractivity contribution < 1.29 is 27.5 Å². The highest BCUT2D eigenvalue weighted by molar-refractivity contribution is 5.96. The summed E-state index contributed by atoms with van der Waals surface area (Å²) in [6.45, 7) is 1.65. The predicted octanol–water partition coefficient (Wildman–Crippen LogP) is 3.31. The van der Waals surface area contributed by atoms with Crippen LogP contribution >= 0.6 is 0 Å². The molecule has 0 saturated heterocycles. The molecular weight excluding hydrogens is 375 g/mol. The van der Waals surface area contributed by atoms with Crippen molar-refractivity contribution in [1.29, 1.82) is 0 Å². The number of carbonyl (C=O) groups is 2. The Morgan fingerprint density at radius 3 is 2.11 bits per heavy atom. The lowest BCUT2D eigenvalue weighted by Gasteiger charge is -2.16. The van der Waals surface area contributed by atoms with Crippen LogP contribution in [0.1, 0.15) is 12.5 Å². The number of carbonyl (C=O) groups excluding carboxylic acids is 2. The summed E-state index contributed by atoms with van der Waals surface area (Å²) in [7, 11) is 1.56. The van der Waals surface area contributed by atoms with E-state index < -0.39 is 12.4 Å². The van der Waals surface area contributed by atoms with Gasteiger partial charge in [-0.05, 0) is 48.9 Å². The van der Waals surface area contributed by atoms with Crippen molar-refractivity contribution in [3.63, 3.8) is 0 Å². The fourth-order valence-electron chi connectivity index (χ4n) is 2.30. The van der Waals surface area contributed by atoms with Gasteiger partial charge >= 0.3 is 6.36 Å². The van der Waals surface area contributed by atoms with E-state index in [0.717, 1.165) is 17.7 Å². The second kappa shape index (κ2) is 9.12. The normalized spacial score (nSPS) is 12.0. The Morgan fingerprint density at radius 1 is 1.00 bits per heavy atom. The molecule has 2 rings (SSSR count). The number of rotatable bonds is 7. The van der Waals surface area contributed by atoms with Crippen LogP contribution in [0.25, 0.3) is 0 Å². The van der Waals surface area contributed by atoms with E-state index in [9.17, 15) is 22.8 Å². The Labute approximate surface area is 160 Å². The zero-order valence-electron chi connectivity index (χ0n) is 15.3. The number of ether oxygens (including phenoxy) is 1. The number of hydrogen-bond donors (Lipinski definition) is 3. The van der Waals surface area contributed by atoms with Crippen LogP contribution in [0.15, 0.2) is 48.5 Å². The third kappa shape index (κ3) is 6.82. The summed E-state index contributed by atoms with van der Waals surface area (Å²) in [5.41, 5.74) is 1.87. The summed E-state index contributed by atoms with van der Waals surface area (Å²) >= 11 is 0. The van der Waals surface area contributed by atoms with Crippen molar-refractivity contribution >= 4 is 23.2 Å². The molecule has 0 aromatic heterocycles. The molecule has 0 radical (unpaired) electrons. The van der Waals surface area contributed by atoms with E-state index in [1.807, 2.05) is 0 Å². The van der Waals surface area contributed by atoms with Crippen LogP contribution in [0.4, 0.5) is 24.5 Å². The van der Waals surface area contributed by atoms with Crippen LogP contribution < -0.4 is 20.7 Å². The van der Waals surface area contributed by atoms with Crippen molar-refractivity contribution in [2.24, 2.45) is 0 Å². The van der Waals surface area contributed by atoms with Gasteiger partial charge in [0.1, 0.15) is 11.8 Å². The summed E-state index contributed by atoms with van der Waals surface area (Å²) in [5, 5.41) is 8.16. The van der Waals surface area contributed by atoms with Gasteiger partial charge in [0.2, 0.25) is 11.8 Å². The van der Waals surface area contributed by atoms with E-state index in [1.54, 1.807) is 38.2 Å². The first-order valence-corrected chi connectivity index (χ1v) is 8.39. The molecule has 2 amide bonds. The van der Waals surface area contributed by atoms with Gasteiger partial charge in [-0.3, -0.25) is 9.59 Å². The SMILES string of the molecule is CNC(=O)Cc1ccc(NC(C)C(=O)Nc2ccc(OC(F)(F)F)cc2)cc1. The highest BCUT2D eigenvalue weighted by Crippen LogP contribution is 2.24. The Kier molecular flexibility index (Phi) is 6.86. The fraction of sp³-hybridized carbons (Fsp3) is 0.263. The lowest BCUT2D eigenvalue weighted by molar-refractivity contribution is -0.274. The number of hydrogen-bond acceptors (Lipinski definition) is 4. The Bertz CT molecular complexity index is 806. The number of alkyl halides is 3. The predicted molar refractivity (Wildman–Crippen MR) is 99.1 cm³/mol. The maximum absolute atomic E-state index is 12.2. The molecule has 0 aliphatic rings. The van der Waals surface area contributed by atoms with Gasteiger partial charge in [-0.15, -0.1) is 13.2 Å². The summed E-state index contributed by atoms with van der Waals surface area (Å²) in [5.74, 6) is -0.826. The van der Waals surface area contributed by atoms with Gasteiger partial charge in [0, 0.05) is 18.4 Å². The molecule has 3 N–H and O–H groups in total. The minimum atomic E-state index is -4.76. The first-order chi connectivity index (χ1) is 13.2. The molecule has 1 unspecified atom stereocenters. The number of amides is 2. The molecule has 0 aliphatic carbocycles. The number of likely N-dealkylation sites (N-methyl/N-ethyl adjacent to an activating group) is 1. The van der Waals surface area contributed by atoms with Crippen molar-refractivity contribution in [3.05, 3.63) is 54.1 Å². The topological polar surface area (TPSA) is 79.5 Å². The van der Waals surface area contributed by atoms with Gasteiger partial charge in [-0.1, -0.05) is 12.1 Å². The monoisotopic (exact) mass is 395 g/mol. The molecule has 9 heteroatoms. The van der Waals surface area contributed by atoms with Crippen LogP contribution in [-0.2, 0) is 16.0 Å². The maximum Gasteiger partial charge on any atom is 0.573 e. The molecule has 2 aromatic rings. The second-order valence-electron chi connectivity index (χ2n) is 5.97. The van der Waals surface area contributed by atoms with Gasteiger partial charge in [-0.25, -0.2) is 0 Å². The largest absolute Gasteiger partial charge is 0.573 e. The van der Waals surface area contributed by atoms with Crippen molar-refractivity contribution in [2.75, 3.05) is 17.7 Å². The molecule has 1 atom stereocenters. The first kappa shape index (κ1) is 21.1. The quantitative estimate of drug-likeness (QED) is 0.672. The lowest BCUT2D eigenvalue weighted by atomic mass is 10.1. The van der Waals surface area contributed by atoms with Gasteiger partial charge in [-0.2, -0.15) is 0 Å². The number of halogens is 3. The van der Waals surface area contributed by atoms with E-state index in [1.165, 1.54) is 12.1 Å². The molecule has 6 nitrogen and oxygen atoms in total. The molecule has 0 saturated carbocycles. The molecular formula is C19H20F3N3O3. The van der Waals surface area contributed by atoms with E-state index >= 15 is 0 Å².